The average molecular weight is 553 g/mol. The van der Waals surface area contributed by atoms with Gasteiger partial charge in [-0.05, 0) is 29.8 Å². The number of nitrogens with zero attached hydrogens (tertiary/aromatic N) is 4. The zero-order chi connectivity index (χ0) is 26.8. The summed E-state index contributed by atoms with van der Waals surface area (Å²) >= 11 is 7.60. The Morgan fingerprint density at radius 1 is 1.17 bits per heavy atom. The number of aliphatic hydroxyl groups is 1. The fourth-order valence-electron chi connectivity index (χ4n) is 5.53. The Labute approximate surface area is 224 Å². The summed E-state index contributed by atoms with van der Waals surface area (Å²) in [6, 6.07) is 0. The molecule has 1 N–H and O–H groups in total. The van der Waals surface area contributed by atoms with Crippen LogP contribution in [0.3, 0.4) is 0 Å². The smallest absolute Gasteiger partial charge is 0.188 e. The topological polar surface area (TPSA) is 71.4 Å². The van der Waals surface area contributed by atoms with Crippen LogP contribution in [0.1, 0.15) is 59.9 Å². The summed E-state index contributed by atoms with van der Waals surface area (Å²) in [5, 5.41) is 11.4. The molecule has 0 bridgehead atoms. The Morgan fingerprint density at radius 3 is 2.39 bits per heavy atom. The van der Waals surface area contributed by atoms with Gasteiger partial charge in [-0.3, -0.25) is 4.90 Å². The van der Waals surface area contributed by atoms with E-state index in [2.05, 4.69) is 67.9 Å². The molecule has 0 unspecified atom stereocenters. The van der Waals surface area contributed by atoms with Crippen molar-refractivity contribution in [1.29, 1.82) is 0 Å². The van der Waals surface area contributed by atoms with Crippen molar-refractivity contribution in [2.24, 2.45) is 0 Å². The molecule has 10 heteroatoms. The summed E-state index contributed by atoms with van der Waals surface area (Å²) in [7, 11) is -2.07. The lowest BCUT2D eigenvalue weighted by atomic mass is 10.1. The Morgan fingerprint density at radius 2 is 1.81 bits per heavy atom. The van der Waals surface area contributed by atoms with Crippen LogP contribution in [0.25, 0.3) is 10.9 Å². The van der Waals surface area contributed by atoms with E-state index in [0.717, 1.165) is 0 Å². The van der Waals surface area contributed by atoms with Gasteiger partial charge in [0, 0.05) is 19.6 Å². The van der Waals surface area contributed by atoms with Gasteiger partial charge in [-0.1, -0.05) is 70.8 Å². The number of thioether (sulfide) groups is 1. The summed E-state index contributed by atoms with van der Waals surface area (Å²) in [5.41, 5.74) is 5.17. The number of fused-ring (bicyclic) bond motifs is 1. The second kappa shape index (κ2) is 11.6. The fraction of sp³-hybridized carbons (Fsp3) is 0.654. The number of ether oxygens (including phenoxy) is 1. The molecule has 6 nitrogen and oxygen atoms in total. The lowest BCUT2D eigenvalue weighted by Gasteiger charge is -2.38. The second-order valence-electron chi connectivity index (χ2n) is 10.9. The number of β-amino-alcohol motifs (C(OH)–C–C–N with tert-alkyl or cyclic N) is 1. The van der Waals surface area contributed by atoms with Gasteiger partial charge in [-0.25, -0.2) is 19.3 Å². The molecular formula is C26H38ClFN4O2SSi. The molecule has 0 aliphatic carbocycles. The first-order valence-corrected chi connectivity index (χ1v) is 16.3. The van der Waals surface area contributed by atoms with Crippen LogP contribution in [0.15, 0.2) is 5.16 Å². The predicted octanol–water partition coefficient (Wildman–Crippen LogP) is 5.69. The van der Waals surface area contributed by atoms with Gasteiger partial charge in [-0.15, -0.1) is 5.54 Å². The van der Waals surface area contributed by atoms with E-state index in [1.165, 1.54) is 11.8 Å². The summed E-state index contributed by atoms with van der Waals surface area (Å²) < 4.78 is 20.9. The number of hydrogen-bond acceptors (Lipinski definition) is 7. The van der Waals surface area contributed by atoms with Crippen LogP contribution in [0.5, 0.6) is 0 Å². The van der Waals surface area contributed by atoms with E-state index in [4.69, 9.17) is 21.3 Å². The van der Waals surface area contributed by atoms with Crippen molar-refractivity contribution in [3.05, 3.63) is 22.4 Å². The molecule has 0 radical (unpaired) electrons. The average Bonchev–Trinajstić information content (AvgIpc) is 2.95. The second-order valence-corrected chi connectivity index (χ2v) is 17.6. The Hall–Kier alpha value is -1.28. The Kier molecular flexibility index (Phi) is 9.45. The molecule has 3 heterocycles. The lowest BCUT2D eigenvalue weighted by Crippen LogP contribution is -2.43. The molecule has 1 atom stereocenters. The van der Waals surface area contributed by atoms with E-state index in [-0.39, 0.29) is 17.3 Å². The van der Waals surface area contributed by atoms with Gasteiger partial charge < -0.3 is 9.84 Å². The summed E-state index contributed by atoms with van der Waals surface area (Å²) in [4.78, 5) is 15.7. The number of hydrogen-bond donors (Lipinski definition) is 1. The normalized spacial score (nSPS) is 19.7. The first-order chi connectivity index (χ1) is 16.8. The standard InChI is InChI=1S/C26H38ClFN4O2SSi/c1-16(2)36(17(3)4,18(5)6)12-9-19-21-20(13-32-10-11-34-15-26(7,33)14-32)30-25(35-8)31-23(21)22(28)24(27)29-19/h16-18,33H,10-11,13-15H2,1-8H3/t26-/m0/s1. The number of aromatic nitrogens is 3. The molecule has 1 fully saturated rings. The van der Waals surface area contributed by atoms with Crippen LogP contribution in [0, 0.1) is 17.3 Å². The zero-order valence-corrected chi connectivity index (χ0v) is 25.1. The molecule has 0 aromatic carbocycles. The van der Waals surface area contributed by atoms with Crippen LogP contribution in [-0.4, -0.2) is 71.2 Å². The largest absolute Gasteiger partial charge is 0.386 e. The van der Waals surface area contributed by atoms with E-state index >= 15 is 4.39 Å². The first-order valence-electron chi connectivity index (χ1n) is 12.5. The highest BCUT2D eigenvalue weighted by Gasteiger charge is 2.42. The molecule has 198 valence electrons. The lowest BCUT2D eigenvalue weighted by molar-refractivity contribution is -0.0226. The maximum Gasteiger partial charge on any atom is 0.188 e. The van der Waals surface area contributed by atoms with Crippen molar-refractivity contribution in [3.63, 3.8) is 0 Å². The van der Waals surface area contributed by atoms with Gasteiger partial charge in [-0.2, -0.15) is 0 Å². The maximum absolute atomic E-state index is 15.3. The van der Waals surface area contributed by atoms with Gasteiger partial charge in [0.2, 0.25) is 0 Å². The molecule has 1 saturated heterocycles. The van der Waals surface area contributed by atoms with E-state index in [1.807, 2.05) is 6.26 Å². The van der Waals surface area contributed by atoms with Crippen molar-refractivity contribution in [3.8, 4) is 11.5 Å². The third kappa shape index (κ3) is 6.06. The van der Waals surface area contributed by atoms with E-state index in [0.29, 0.717) is 64.8 Å². The van der Waals surface area contributed by atoms with Crippen LogP contribution >= 0.6 is 23.4 Å². The minimum Gasteiger partial charge on any atom is -0.386 e. The van der Waals surface area contributed by atoms with E-state index in [1.54, 1.807) is 6.92 Å². The van der Waals surface area contributed by atoms with Crippen LogP contribution in [0.4, 0.5) is 4.39 Å². The molecule has 3 rings (SSSR count). The van der Waals surface area contributed by atoms with Gasteiger partial charge in [0.1, 0.15) is 19.3 Å². The monoisotopic (exact) mass is 552 g/mol. The molecule has 1 aliphatic heterocycles. The quantitative estimate of drug-likeness (QED) is 0.162. The van der Waals surface area contributed by atoms with E-state index < -0.39 is 19.5 Å². The van der Waals surface area contributed by atoms with Crippen molar-refractivity contribution in [2.75, 3.05) is 32.6 Å². The van der Waals surface area contributed by atoms with Crippen LogP contribution in [-0.2, 0) is 11.3 Å². The molecule has 0 spiro atoms. The summed E-state index contributed by atoms with van der Waals surface area (Å²) in [6.07, 6.45) is 1.85. The van der Waals surface area contributed by atoms with Crippen molar-refractivity contribution in [1.82, 2.24) is 19.9 Å². The van der Waals surface area contributed by atoms with Crippen LogP contribution < -0.4 is 0 Å². The molecule has 0 amide bonds. The van der Waals surface area contributed by atoms with Gasteiger partial charge in [0.15, 0.2) is 16.1 Å². The van der Waals surface area contributed by atoms with E-state index in [9.17, 15) is 5.11 Å². The van der Waals surface area contributed by atoms with Crippen molar-refractivity contribution >= 4 is 42.3 Å². The molecule has 2 aromatic rings. The third-order valence-electron chi connectivity index (χ3n) is 7.15. The molecule has 36 heavy (non-hydrogen) atoms. The van der Waals surface area contributed by atoms with Crippen LogP contribution in [0.2, 0.25) is 21.8 Å². The molecule has 1 aliphatic rings. The molecular weight excluding hydrogens is 515 g/mol. The SMILES string of the molecule is CSc1nc(CN2CCOC[C@@](C)(O)C2)c2c(C#C[Si](C(C)C)(C(C)C)C(C)C)nc(Cl)c(F)c2n1. The minimum atomic E-state index is -2.07. The fourth-order valence-corrected chi connectivity index (χ4v) is 11.3. The predicted molar refractivity (Wildman–Crippen MR) is 149 cm³/mol. The van der Waals surface area contributed by atoms with Gasteiger partial charge in [0.25, 0.3) is 0 Å². The van der Waals surface area contributed by atoms with Crippen molar-refractivity contribution in [2.45, 2.75) is 82.4 Å². The summed E-state index contributed by atoms with van der Waals surface area (Å²) in [5.74, 6) is 2.69. The molecule has 2 aromatic heterocycles. The maximum atomic E-state index is 15.3. The third-order valence-corrected chi connectivity index (χ3v) is 14.2. The Balaban J connectivity index is 2.25. The highest BCUT2D eigenvalue weighted by Crippen LogP contribution is 2.41. The highest BCUT2D eigenvalue weighted by molar-refractivity contribution is 7.98. The number of rotatable bonds is 6. The number of halogens is 2. The zero-order valence-electron chi connectivity index (χ0n) is 22.6. The number of pyridine rings is 1. The molecule has 0 saturated carbocycles. The van der Waals surface area contributed by atoms with Gasteiger partial charge >= 0.3 is 0 Å². The Bertz CT molecular complexity index is 1140. The minimum absolute atomic E-state index is 0.136. The highest BCUT2D eigenvalue weighted by atomic mass is 35.5. The van der Waals surface area contributed by atoms with Crippen molar-refractivity contribution < 1.29 is 14.2 Å². The van der Waals surface area contributed by atoms with Gasteiger partial charge in [0.05, 0.1) is 29.9 Å². The first kappa shape index (κ1) is 29.3. The summed E-state index contributed by atoms with van der Waals surface area (Å²) in [6.45, 7) is 17.4.